The Morgan fingerprint density at radius 1 is 1.04 bits per heavy atom. The Morgan fingerprint density at radius 3 is 2.33 bits per heavy atom. The Bertz CT molecular complexity index is 859. The highest BCUT2D eigenvalue weighted by Crippen LogP contribution is 2.28. The normalized spacial score (nSPS) is 12.7. The number of hydrogen-bond acceptors (Lipinski definition) is 1. The largest absolute Gasteiger partial charge is 0.481 e. The Labute approximate surface area is 142 Å². The Balaban J connectivity index is 1.99. The van der Waals surface area contributed by atoms with Gasteiger partial charge in [-0.05, 0) is 35.6 Å². The average Bonchev–Trinajstić information content (AvgIpc) is 2.93. The molecule has 0 aliphatic heterocycles. The van der Waals surface area contributed by atoms with E-state index < -0.39 is 11.9 Å². The van der Waals surface area contributed by atoms with Crippen molar-refractivity contribution in [2.24, 2.45) is 0 Å². The molecule has 0 saturated carbocycles. The third kappa shape index (κ3) is 3.07. The van der Waals surface area contributed by atoms with E-state index in [1.54, 1.807) is 6.92 Å². The predicted molar refractivity (Wildman–Crippen MR) is 97.6 cm³/mol. The fourth-order valence-electron chi connectivity index (χ4n) is 3.09. The first-order valence-corrected chi connectivity index (χ1v) is 8.36. The molecular formula is C21H23NO2. The molecule has 3 rings (SSSR count). The summed E-state index contributed by atoms with van der Waals surface area (Å²) < 4.78 is 2.15. The smallest absolute Gasteiger partial charge is 0.310 e. The SMILES string of the molecule is CC(C)c1ccc(Cn2cc(C(C)C(=O)O)c3ccccc32)cc1. The molecule has 1 atom stereocenters. The molecule has 24 heavy (non-hydrogen) atoms. The molecule has 1 heterocycles. The van der Waals surface area contributed by atoms with E-state index in [1.807, 2.05) is 24.4 Å². The number of para-hydroxylation sites is 1. The van der Waals surface area contributed by atoms with Crippen LogP contribution in [0.25, 0.3) is 10.9 Å². The predicted octanol–water partition coefficient (Wildman–Crippen LogP) is 5.00. The summed E-state index contributed by atoms with van der Waals surface area (Å²) >= 11 is 0. The molecule has 0 spiro atoms. The minimum absolute atomic E-state index is 0.514. The van der Waals surface area contributed by atoms with Crippen molar-refractivity contribution in [3.8, 4) is 0 Å². The van der Waals surface area contributed by atoms with Crippen LogP contribution in [0.3, 0.4) is 0 Å². The average molecular weight is 321 g/mol. The molecule has 0 bridgehead atoms. The molecule has 1 unspecified atom stereocenters. The van der Waals surface area contributed by atoms with Crippen LogP contribution in [-0.4, -0.2) is 15.6 Å². The molecule has 3 heteroatoms. The van der Waals surface area contributed by atoms with Crippen LogP contribution in [-0.2, 0) is 11.3 Å². The van der Waals surface area contributed by atoms with Gasteiger partial charge in [-0.25, -0.2) is 0 Å². The van der Waals surface area contributed by atoms with Crippen LogP contribution in [0, 0.1) is 0 Å². The molecule has 0 saturated heterocycles. The van der Waals surface area contributed by atoms with Crippen molar-refractivity contribution >= 4 is 16.9 Å². The number of nitrogens with zero attached hydrogens (tertiary/aromatic N) is 1. The molecule has 1 aromatic heterocycles. The fraction of sp³-hybridized carbons (Fsp3) is 0.286. The van der Waals surface area contributed by atoms with Crippen molar-refractivity contribution < 1.29 is 9.90 Å². The van der Waals surface area contributed by atoms with Crippen LogP contribution in [0.4, 0.5) is 0 Å². The Kier molecular flexibility index (Phi) is 4.43. The number of fused-ring (bicyclic) bond motifs is 1. The minimum Gasteiger partial charge on any atom is -0.481 e. The Hall–Kier alpha value is -2.55. The van der Waals surface area contributed by atoms with E-state index in [1.165, 1.54) is 11.1 Å². The summed E-state index contributed by atoms with van der Waals surface area (Å²) in [4.78, 5) is 11.4. The monoisotopic (exact) mass is 321 g/mol. The van der Waals surface area contributed by atoms with Crippen molar-refractivity contribution in [3.63, 3.8) is 0 Å². The van der Waals surface area contributed by atoms with Gasteiger partial charge >= 0.3 is 5.97 Å². The van der Waals surface area contributed by atoms with Gasteiger partial charge in [-0.15, -0.1) is 0 Å². The van der Waals surface area contributed by atoms with Crippen molar-refractivity contribution in [3.05, 3.63) is 71.4 Å². The van der Waals surface area contributed by atoms with Gasteiger partial charge in [-0.3, -0.25) is 4.79 Å². The highest BCUT2D eigenvalue weighted by Gasteiger charge is 2.19. The summed E-state index contributed by atoms with van der Waals surface area (Å²) in [6.45, 7) is 6.86. The van der Waals surface area contributed by atoms with Crippen LogP contribution in [0.2, 0.25) is 0 Å². The van der Waals surface area contributed by atoms with E-state index in [9.17, 15) is 9.90 Å². The number of aromatic nitrogens is 1. The molecule has 3 nitrogen and oxygen atoms in total. The zero-order chi connectivity index (χ0) is 17.3. The topological polar surface area (TPSA) is 42.2 Å². The van der Waals surface area contributed by atoms with E-state index in [0.717, 1.165) is 23.0 Å². The van der Waals surface area contributed by atoms with E-state index in [4.69, 9.17) is 0 Å². The van der Waals surface area contributed by atoms with Crippen LogP contribution >= 0.6 is 0 Å². The number of carboxylic acid groups (broad SMARTS) is 1. The number of benzene rings is 2. The van der Waals surface area contributed by atoms with Gasteiger partial charge in [0.2, 0.25) is 0 Å². The highest BCUT2D eigenvalue weighted by molar-refractivity contribution is 5.89. The van der Waals surface area contributed by atoms with Gasteiger partial charge < -0.3 is 9.67 Å². The standard InChI is InChI=1S/C21H23NO2/c1-14(2)17-10-8-16(9-11-17)12-22-13-19(15(3)21(23)24)18-6-4-5-7-20(18)22/h4-11,13-15H,12H2,1-3H3,(H,23,24). The molecule has 2 aromatic carbocycles. The van der Waals surface area contributed by atoms with Crippen LogP contribution in [0.1, 0.15) is 49.3 Å². The first kappa shape index (κ1) is 16.3. The summed E-state index contributed by atoms with van der Waals surface area (Å²) in [7, 11) is 0. The van der Waals surface area contributed by atoms with Gasteiger partial charge in [0.25, 0.3) is 0 Å². The molecule has 0 aliphatic carbocycles. The van der Waals surface area contributed by atoms with E-state index in [0.29, 0.717) is 5.92 Å². The van der Waals surface area contributed by atoms with E-state index >= 15 is 0 Å². The lowest BCUT2D eigenvalue weighted by Gasteiger charge is -2.09. The molecule has 0 radical (unpaired) electrons. The second kappa shape index (κ2) is 6.52. The lowest BCUT2D eigenvalue weighted by molar-refractivity contribution is -0.138. The summed E-state index contributed by atoms with van der Waals surface area (Å²) in [6, 6.07) is 16.7. The summed E-state index contributed by atoms with van der Waals surface area (Å²) in [5.41, 5.74) is 4.50. The number of rotatable bonds is 5. The number of aliphatic carboxylic acids is 1. The van der Waals surface area contributed by atoms with Crippen LogP contribution in [0.15, 0.2) is 54.7 Å². The van der Waals surface area contributed by atoms with Crippen molar-refractivity contribution in [1.82, 2.24) is 4.57 Å². The maximum absolute atomic E-state index is 11.4. The number of carboxylic acids is 1. The van der Waals surface area contributed by atoms with Gasteiger partial charge in [0.1, 0.15) is 0 Å². The zero-order valence-corrected chi connectivity index (χ0v) is 14.4. The molecule has 1 N–H and O–H groups in total. The molecular weight excluding hydrogens is 298 g/mol. The van der Waals surface area contributed by atoms with Crippen molar-refractivity contribution in [2.45, 2.75) is 39.2 Å². The molecule has 0 amide bonds. The second-order valence-electron chi connectivity index (χ2n) is 6.69. The van der Waals surface area contributed by atoms with Gasteiger partial charge in [0.05, 0.1) is 5.92 Å². The van der Waals surface area contributed by atoms with Gasteiger partial charge in [-0.1, -0.05) is 56.3 Å². The summed E-state index contributed by atoms with van der Waals surface area (Å²) in [5, 5.41) is 10.4. The third-order valence-corrected chi connectivity index (χ3v) is 4.66. The highest BCUT2D eigenvalue weighted by atomic mass is 16.4. The van der Waals surface area contributed by atoms with Crippen LogP contribution < -0.4 is 0 Å². The lowest BCUT2D eigenvalue weighted by atomic mass is 10.0. The summed E-state index contributed by atoms with van der Waals surface area (Å²) in [5.74, 6) is -0.784. The zero-order valence-electron chi connectivity index (χ0n) is 14.4. The van der Waals surface area contributed by atoms with E-state index in [-0.39, 0.29) is 0 Å². The first-order chi connectivity index (χ1) is 11.5. The first-order valence-electron chi connectivity index (χ1n) is 8.36. The molecule has 124 valence electrons. The molecule has 0 fully saturated rings. The van der Waals surface area contributed by atoms with Gasteiger partial charge in [0.15, 0.2) is 0 Å². The summed E-state index contributed by atoms with van der Waals surface area (Å²) in [6.07, 6.45) is 1.99. The fourth-order valence-corrected chi connectivity index (χ4v) is 3.09. The minimum atomic E-state index is -0.792. The lowest BCUT2D eigenvalue weighted by Crippen LogP contribution is -2.07. The van der Waals surface area contributed by atoms with E-state index in [2.05, 4.69) is 48.7 Å². The maximum atomic E-state index is 11.4. The van der Waals surface area contributed by atoms with Crippen LogP contribution in [0.5, 0.6) is 0 Å². The number of carbonyl (C=O) groups is 1. The quantitative estimate of drug-likeness (QED) is 0.718. The molecule has 3 aromatic rings. The van der Waals surface area contributed by atoms with Gasteiger partial charge in [-0.2, -0.15) is 0 Å². The third-order valence-electron chi connectivity index (χ3n) is 4.66. The molecule has 0 aliphatic rings. The van der Waals surface area contributed by atoms with Crippen molar-refractivity contribution in [2.75, 3.05) is 0 Å². The van der Waals surface area contributed by atoms with Gasteiger partial charge in [0, 0.05) is 23.6 Å². The number of hydrogen-bond donors (Lipinski definition) is 1. The van der Waals surface area contributed by atoms with Crippen molar-refractivity contribution in [1.29, 1.82) is 0 Å². The maximum Gasteiger partial charge on any atom is 0.310 e. The Morgan fingerprint density at radius 2 is 1.71 bits per heavy atom. The second-order valence-corrected chi connectivity index (χ2v) is 6.69.